The lowest BCUT2D eigenvalue weighted by molar-refractivity contribution is -0.153. The van der Waals surface area contributed by atoms with Gasteiger partial charge in [0, 0.05) is 26.2 Å². The van der Waals surface area contributed by atoms with Gasteiger partial charge in [-0.3, -0.25) is 9.59 Å². The average Bonchev–Trinajstić information content (AvgIpc) is 3.42. The van der Waals surface area contributed by atoms with E-state index in [4.69, 9.17) is 4.74 Å². The molecular weight excluding hydrogens is 392 g/mol. The van der Waals surface area contributed by atoms with Gasteiger partial charge in [0.15, 0.2) is 6.61 Å². The van der Waals surface area contributed by atoms with E-state index < -0.39 is 10.0 Å². The van der Waals surface area contributed by atoms with E-state index in [1.807, 2.05) is 19.1 Å². The fourth-order valence-electron chi connectivity index (χ4n) is 3.44. The summed E-state index contributed by atoms with van der Waals surface area (Å²) in [7, 11) is -3.60. The molecule has 0 aromatic heterocycles. The van der Waals surface area contributed by atoms with Crippen molar-refractivity contribution >= 4 is 21.9 Å². The lowest BCUT2D eigenvalue weighted by atomic mass is 9.87. The molecule has 7 nitrogen and oxygen atoms in total. The Morgan fingerprint density at radius 3 is 2.10 bits per heavy atom. The minimum Gasteiger partial charge on any atom is -0.455 e. The quantitative estimate of drug-likeness (QED) is 0.678. The van der Waals surface area contributed by atoms with Crippen LogP contribution in [0.5, 0.6) is 0 Å². The van der Waals surface area contributed by atoms with Crippen LogP contribution in [0.15, 0.2) is 29.2 Å². The minimum atomic E-state index is -3.60. The van der Waals surface area contributed by atoms with Crippen molar-refractivity contribution in [1.82, 2.24) is 9.21 Å². The van der Waals surface area contributed by atoms with Crippen LogP contribution in [0.3, 0.4) is 0 Å². The number of hydrogen-bond donors (Lipinski definition) is 0. The van der Waals surface area contributed by atoms with Crippen LogP contribution in [0.4, 0.5) is 0 Å². The third-order valence-corrected chi connectivity index (χ3v) is 7.61. The molecule has 1 aliphatic heterocycles. The van der Waals surface area contributed by atoms with Crippen LogP contribution in [-0.2, 0) is 29.8 Å². The molecule has 2 atom stereocenters. The molecule has 0 spiro atoms. The van der Waals surface area contributed by atoms with Gasteiger partial charge in [-0.1, -0.05) is 39.8 Å². The number of ether oxygens (including phenoxy) is 1. The van der Waals surface area contributed by atoms with Gasteiger partial charge in [-0.2, -0.15) is 4.31 Å². The molecule has 0 N–H and O–H groups in total. The molecule has 8 heteroatoms. The highest BCUT2D eigenvalue weighted by molar-refractivity contribution is 7.89. The monoisotopic (exact) mass is 422 g/mol. The van der Waals surface area contributed by atoms with Gasteiger partial charge < -0.3 is 9.64 Å². The van der Waals surface area contributed by atoms with Crippen LogP contribution in [0, 0.1) is 11.8 Å². The molecule has 1 aliphatic carbocycles. The molecule has 0 radical (unpaired) electrons. The SMILES string of the molecule is C[C@H]1C[C@@H]1C(=O)OCC(=O)N1CCN(S(=O)(=O)c2ccc(C(C)(C)C)cc2)CC1. The molecule has 1 saturated heterocycles. The zero-order chi connectivity index (χ0) is 21.4. The van der Waals surface area contributed by atoms with E-state index in [2.05, 4.69) is 20.8 Å². The molecule has 0 bridgehead atoms. The maximum Gasteiger partial charge on any atom is 0.309 e. The molecular formula is C21H30N2O5S. The molecule has 1 heterocycles. The predicted octanol–water partition coefficient (Wildman–Crippen LogP) is 2.02. The Labute approximate surface area is 173 Å². The van der Waals surface area contributed by atoms with E-state index in [1.54, 1.807) is 17.0 Å². The maximum atomic E-state index is 12.9. The topological polar surface area (TPSA) is 84.0 Å². The minimum absolute atomic E-state index is 0.0463. The van der Waals surface area contributed by atoms with Gasteiger partial charge in [0.1, 0.15) is 0 Å². The first-order valence-corrected chi connectivity index (χ1v) is 11.5. The summed E-state index contributed by atoms with van der Waals surface area (Å²) in [6, 6.07) is 6.99. The Hall–Kier alpha value is -1.93. The predicted molar refractivity (Wildman–Crippen MR) is 109 cm³/mol. The molecule has 160 valence electrons. The Balaban J connectivity index is 1.53. The van der Waals surface area contributed by atoms with Crippen molar-refractivity contribution in [2.24, 2.45) is 11.8 Å². The van der Waals surface area contributed by atoms with Gasteiger partial charge in [-0.25, -0.2) is 8.42 Å². The van der Waals surface area contributed by atoms with Gasteiger partial charge in [-0.05, 0) is 35.4 Å². The molecule has 29 heavy (non-hydrogen) atoms. The fraction of sp³-hybridized carbons (Fsp3) is 0.619. The smallest absolute Gasteiger partial charge is 0.309 e. The summed E-state index contributed by atoms with van der Waals surface area (Å²) in [5, 5.41) is 0. The first-order chi connectivity index (χ1) is 13.5. The summed E-state index contributed by atoms with van der Waals surface area (Å²) in [5.74, 6) is -0.331. The van der Waals surface area contributed by atoms with Crippen molar-refractivity contribution in [3.8, 4) is 0 Å². The summed E-state index contributed by atoms with van der Waals surface area (Å²) in [5.41, 5.74) is 1.02. The Morgan fingerprint density at radius 1 is 1.07 bits per heavy atom. The second-order valence-corrected chi connectivity index (χ2v) is 10.9. The Bertz CT molecular complexity index is 865. The zero-order valence-electron chi connectivity index (χ0n) is 17.6. The van der Waals surface area contributed by atoms with Crippen molar-refractivity contribution in [2.75, 3.05) is 32.8 Å². The van der Waals surface area contributed by atoms with E-state index in [-0.39, 0.29) is 60.9 Å². The number of benzene rings is 1. The highest BCUT2D eigenvalue weighted by Gasteiger charge is 2.41. The first-order valence-electron chi connectivity index (χ1n) is 10.1. The van der Waals surface area contributed by atoms with Crippen molar-refractivity contribution < 1.29 is 22.7 Å². The van der Waals surface area contributed by atoms with Gasteiger partial charge in [-0.15, -0.1) is 0 Å². The highest BCUT2D eigenvalue weighted by atomic mass is 32.2. The number of esters is 1. The molecule has 2 fully saturated rings. The van der Waals surface area contributed by atoms with Crippen molar-refractivity contribution in [3.63, 3.8) is 0 Å². The largest absolute Gasteiger partial charge is 0.455 e. The van der Waals surface area contributed by atoms with Gasteiger partial charge in [0.25, 0.3) is 5.91 Å². The summed E-state index contributed by atoms with van der Waals surface area (Å²) in [6.45, 7) is 8.96. The van der Waals surface area contributed by atoms with E-state index in [1.165, 1.54) is 4.31 Å². The first kappa shape index (κ1) is 21.8. The summed E-state index contributed by atoms with van der Waals surface area (Å²) < 4.78 is 32.3. The van der Waals surface area contributed by atoms with Crippen LogP contribution in [0.25, 0.3) is 0 Å². The molecule has 1 amide bonds. The van der Waals surface area contributed by atoms with Crippen molar-refractivity contribution in [2.45, 2.75) is 44.4 Å². The molecule has 1 aromatic rings. The number of carbonyl (C=O) groups excluding carboxylic acids is 2. The molecule has 1 saturated carbocycles. The number of nitrogens with zero attached hydrogens (tertiary/aromatic N) is 2. The Morgan fingerprint density at radius 2 is 1.62 bits per heavy atom. The van der Waals surface area contributed by atoms with Crippen molar-refractivity contribution in [3.05, 3.63) is 29.8 Å². The van der Waals surface area contributed by atoms with E-state index in [0.29, 0.717) is 5.92 Å². The maximum absolute atomic E-state index is 12.9. The van der Waals surface area contributed by atoms with Crippen molar-refractivity contribution in [1.29, 1.82) is 0 Å². The van der Waals surface area contributed by atoms with Crippen LogP contribution < -0.4 is 0 Å². The zero-order valence-corrected chi connectivity index (χ0v) is 18.4. The van der Waals surface area contributed by atoms with Crippen LogP contribution in [-0.4, -0.2) is 62.3 Å². The summed E-state index contributed by atoms with van der Waals surface area (Å²) in [4.78, 5) is 25.8. The number of carbonyl (C=O) groups is 2. The standard InChI is InChI=1S/C21H30N2O5S/c1-15-13-18(15)20(25)28-14-19(24)22-9-11-23(12-10-22)29(26,27)17-7-5-16(6-8-17)21(2,3)4/h5-8,15,18H,9-14H2,1-4H3/t15-,18-/m0/s1. The van der Waals surface area contributed by atoms with Gasteiger partial charge in [0.05, 0.1) is 10.8 Å². The number of amides is 1. The normalized spacial score (nSPS) is 23.0. The number of rotatable bonds is 5. The van der Waals surface area contributed by atoms with E-state index in [9.17, 15) is 18.0 Å². The Kier molecular flexibility index (Phi) is 6.06. The second kappa shape index (κ2) is 8.07. The fourth-order valence-corrected chi connectivity index (χ4v) is 4.86. The lowest BCUT2D eigenvalue weighted by Gasteiger charge is -2.34. The molecule has 3 rings (SSSR count). The molecule has 0 unspecified atom stereocenters. The number of hydrogen-bond acceptors (Lipinski definition) is 5. The number of sulfonamides is 1. The van der Waals surface area contributed by atoms with Crippen LogP contribution >= 0.6 is 0 Å². The average molecular weight is 423 g/mol. The molecule has 2 aliphatic rings. The van der Waals surface area contributed by atoms with E-state index in [0.717, 1.165) is 12.0 Å². The second-order valence-electron chi connectivity index (χ2n) is 8.99. The van der Waals surface area contributed by atoms with Gasteiger partial charge in [0.2, 0.25) is 10.0 Å². The van der Waals surface area contributed by atoms with Gasteiger partial charge >= 0.3 is 5.97 Å². The third-order valence-electron chi connectivity index (χ3n) is 5.70. The van der Waals surface area contributed by atoms with Crippen LogP contribution in [0.1, 0.15) is 39.7 Å². The summed E-state index contributed by atoms with van der Waals surface area (Å²) >= 11 is 0. The molecule has 1 aromatic carbocycles. The van der Waals surface area contributed by atoms with Crippen LogP contribution in [0.2, 0.25) is 0 Å². The van der Waals surface area contributed by atoms with E-state index >= 15 is 0 Å². The lowest BCUT2D eigenvalue weighted by Crippen LogP contribution is -2.51. The third kappa shape index (κ3) is 4.98. The highest BCUT2D eigenvalue weighted by Crippen LogP contribution is 2.38. The summed E-state index contributed by atoms with van der Waals surface area (Å²) in [6.07, 6.45) is 0.820. The number of piperazine rings is 1.